The lowest BCUT2D eigenvalue weighted by Crippen LogP contribution is -2.50. The van der Waals surface area contributed by atoms with E-state index in [-0.39, 0.29) is 5.60 Å². The number of likely N-dealkylation sites (tertiary alicyclic amines) is 1. The van der Waals surface area contributed by atoms with Crippen LogP contribution in [0.5, 0.6) is 0 Å². The number of amides is 1. The van der Waals surface area contributed by atoms with Crippen molar-refractivity contribution in [1.29, 1.82) is 0 Å². The molecule has 1 fully saturated rings. The number of benzene rings is 1. The molecule has 1 amide bonds. The maximum absolute atomic E-state index is 11.4. The molecular formula is C21H24N6O2. The van der Waals surface area contributed by atoms with Gasteiger partial charge in [-0.25, -0.2) is 4.98 Å². The number of carbonyl (C=O) groups excluding carboxylic acids is 1. The second-order valence-electron chi connectivity index (χ2n) is 7.93. The van der Waals surface area contributed by atoms with E-state index >= 15 is 0 Å². The molecule has 1 aromatic carbocycles. The van der Waals surface area contributed by atoms with Crippen molar-refractivity contribution in [2.75, 3.05) is 13.1 Å². The van der Waals surface area contributed by atoms with Gasteiger partial charge in [-0.05, 0) is 36.6 Å². The molecule has 150 valence electrons. The van der Waals surface area contributed by atoms with E-state index < -0.39 is 5.91 Å². The van der Waals surface area contributed by atoms with Gasteiger partial charge in [-0.2, -0.15) is 5.10 Å². The number of nitrogens with two attached hydrogens (primary N) is 1. The highest BCUT2D eigenvalue weighted by Gasteiger charge is 2.39. The van der Waals surface area contributed by atoms with E-state index in [2.05, 4.69) is 39.2 Å². The Morgan fingerprint density at radius 2 is 2.00 bits per heavy atom. The summed E-state index contributed by atoms with van der Waals surface area (Å²) in [5.74, 6) is -0.491. The first-order chi connectivity index (χ1) is 14.1. The van der Waals surface area contributed by atoms with E-state index in [0.717, 1.165) is 43.9 Å². The van der Waals surface area contributed by atoms with Crippen LogP contribution in [0.4, 0.5) is 0 Å². The van der Waals surface area contributed by atoms with Crippen LogP contribution < -0.4 is 5.73 Å². The Hall–Kier alpha value is -2.97. The third-order valence-corrected chi connectivity index (χ3v) is 5.99. The third kappa shape index (κ3) is 3.56. The fourth-order valence-electron chi connectivity index (χ4n) is 4.24. The van der Waals surface area contributed by atoms with Crippen molar-refractivity contribution in [2.24, 2.45) is 5.73 Å². The van der Waals surface area contributed by atoms with Crippen molar-refractivity contribution in [3.63, 3.8) is 0 Å². The lowest BCUT2D eigenvalue weighted by Gasteiger charge is -2.43. The molecule has 1 spiro atoms. The maximum atomic E-state index is 11.4. The molecule has 1 saturated heterocycles. The molecule has 0 atom stereocenters. The highest BCUT2D eigenvalue weighted by Crippen LogP contribution is 2.33. The van der Waals surface area contributed by atoms with Crippen LogP contribution in [0.1, 0.15) is 34.6 Å². The van der Waals surface area contributed by atoms with Crippen molar-refractivity contribution in [2.45, 2.75) is 38.1 Å². The molecule has 5 rings (SSSR count). The maximum Gasteiger partial charge on any atom is 0.269 e. The van der Waals surface area contributed by atoms with E-state index in [4.69, 9.17) is 10.5 Å². The summed E-state index contributed by atoms with van der Waals surface area (Å²) in [4.78, 5) is 17.9. The summed E-state index contributed by atoms with van der Waals surface area (Å²) >= 11 is 0. The second kappa shape index (κ2) is 7.13. The van der Waals surface area contributed by atoms with Gasteiger partial charge in [0.05, 0.1) is 30.8 Å². The predicted octanol–water partition coefficient (Wildman–Crippen LogP) is 1.73. The first kappa shape index (κ1) is 18.1. The number of fused-ring (bicyclic) bond motifs is 1. The fourth-order valence-corrected chi connectivity index (χ4v) is 4.24. The molecule has 0 radical (unpaired) electrons. The minimum atomic E-state index is -0.491. The number of hydrogen-bond donors (Lipinski definition) is 1. The number of hydrogen-bond acceptors (Lipinski definition) is 5. The number of piperidine rings is 1. The number of rotatable bonds is 4. The van der Waals surface area contributed by atoms with Crippen LogP contribution >= 0.6 is 0 Å². The van der Waals surface area contributed by atoms with Gasteiger partial charge < -0.3 is 15.0 Å². The zero-order valence-electron chi connectivity index (χ0n) is 16.2. The van der Waals surface area contributed by atoms with Crippen LogP contribution in [0.15, 0.2) is 49.1 Å². The highest BCUT2D eigenvalue weighted by molar-refractivity contribution is 5.90. The molecule has 29 heavy (non-hydrogen) atoms. The highest BCUT2D eigenvalue weighted by atomic mass is 16.5. The van der Waals surface area contributed by atoms with E-state index in [0.29, 0.717) is 18.8 Å². The molecule has 2 N–H and O–H groups in total. The summed E-state index contributed by atoms with van der Waals surface area (Å²) in [7, 11) is 0. The standard InChI is InChI=1S/C21H24N6O2/c22-20(28)19-11-18-13-29-21(14-27(18)24-19)5-8-25(9-6-21)12-16-1-3-17(4-2-16)26-10-7-23-15-26/h1-4,7,10-11,15H,5-6,8-9,12-14H2,(H2,22,28). The number of nitrogens with zero attached hydrogens (tertiary/aromatic N) is 5. The van der Waals surface area contributed by atoms with Crippen LogP contribution in [-0.2, 0) is 24.4 Å². The summed E-state index contributed by atoms with van der Waals surface area (Å²) in [6.07, 6.45) is 7.43. The van der Waals surface area contributed by atoms with Crippen LogP contribution in [0.2, 0.25) is 0 Å². The van der Waals surface area contributed by atoms with Crippen molar-refractivity contribution in [1.82, 2.24) is 24.2 Å². The Morgan fingerprint density at radius 3 is 2.69 bits per heavy atom. The normalized spacial score (nSPS) is 18.6. The van der Waals surface area contributed by atoms with Gasteiger partial charge in [0.25, 0.3) is 5.91 Å². The first-order valence-electron chi connectivity index (χ1n) is 9.90. The van der Waals surface area contributed by atoms with Gasteiger partial charge in [0, 0.05) is 37.7 Å². The number of imidazole rings is 1. The quantitative estimate of drug-likeness (QED) is 0.730. The zero-order chi connectivity index (χ0) is 19.8. The number of primary amides is 1. The molecule has 8 nitrogen and oxygen atoms in total. The molecule has 2 aromatic heterocycles. The molecule has 2 aliphatic rings. The van der Waals surface area contributed by atoms with Crippen molar-refractivity contribution in [3.05, 3.63) is 66.0 Å². The zero-order valence-corrected chi connectivity index (χ0v) is 16.2. The Kier molecular flexibility index (Phi) is 4.44. The summed E-state index contributed by atoms with van der Waals surface area (Å²) in [5, 5.41) is 4.36. The SMILES string of the molecule is NC(=O)c1cc2n(n1)CC1(CCN(Cc3ccc(-n4ccnc4)cc3)CC1)OC2. The molecule has 3 aromatic rings. The van der Waals surface area contributed by atoms with Gasteiger partial charge >= 0.3 is 0 Å². The van der Waals surface area contributed by atoms with Crippen LogP contribution in [0.25, 0.3) is 5.69 Å². The van der Waals surface area contributed by atoms with Gasteiger partial charge in [-0.1, -0.05) is 12.1 Å². The van der Waals surface area contributed by atoms with Crippen molar-refractivity contribution < 1.29 is 9.53 Å². The first-order valence-corrected chi connectivity index (χ1v) is 9.90. The Labute approximate surface area is 168 Å². The topological polar surface area (TPSA) is 91.2 Å². The Balaban J connectivity index is 1.20. The average molecular weight is 392 g/mol. The molecular weight excluding hydrogens is 368 g/mol. The number of carbonyl (C=O) groups is 1. The van der Waals surface area contributed by atoms with Gasteiger partial charge in [-0.3, -0.25) is 14.4 Å². The monoisotopic (exact) mass is 392 g/mol. The molecule has 0 bridgehead atoms. The lowest BCUT2D eigenvalue weighted by molar-refractivity contribution is -0.124. The van der Waals surface area contributed by atoms with Gasteiger partial charge in [0.1, 0.15) is 5.69 Å². The van der Waals surface area contributed by atoms with Crippen LogP contribution in [0, 0.1) is 0 Å². The predicted molar refractivity (Wildman–Crippen MR) is 106 cm³/mol. The van der Waals surface area contributed by atoms with Gasteiger partial charge in [0.15, 0.2) is 0 Å². The Bertz CT molecular complexity index is 1000. The molecule has 2 aliphatic heterocycles. The summed E-state index contributed by atoms with van der Waals surface area (Å²) in [6.45, 7) is 4.04. The molecule has 0 aliphatic carbocycles. The largest absolute Gasteiger partial charge is 0.367 e. The molecule has 4 heterocycles. The van der Waals surface area contributed by atoms with E-state index in [1.807, 2.05) is 15.4 Å². The van der Waals surface area contributed by atoms with E-state index in [9.17, 15) is 4.79 Å². The smallest absolute Gasteiger partial charge is 0.269 e. The lowest BCUT2D eigenvalue weighted by atomic mass is 9.89. The van der Waals surface area contributed by atoms with Crippen LogP contribution in [0.3, 0.4) is 0 Å². The molecule has 0 saturated carbocycles. The van der Waals surface area contributed by atoms with Crippen molar-refractivity contribution >= 4 is 5.91 Å². The van der Waals surface area contributed by atoms with E-state index in [1.165, 1.54) is 5.56 Å². The average Bonchev–Trinajstić information content (AvgIpc) is 3.40. The fraction of sp³-hybridized carbons (Fsp3) is 0.381. The number of aromatic nitrogens is 4. The summed E-state index contributed by atoms with van der Waals surface area (Å²) in [5.41, 5.74) is 8.81. The van der Waals surface area contributed by atoms with Crippen molar-refractivity contribution in [3.8, 4) is 5.69 Å². The molecule has 0 unspecified atom stereocenters. The van der Waals surface area contributed by atoms with Gasteiger partial charge in [0.2, 0.25) is 0 Å². The summed E-state index contributed by atoms with van der Waals surface area (Å²) < 4.78 is 10.1. The minimum Gasteiger partial charge on any atom is -0.367 e. The third-order valence-electron chi connectivity index (χ3n) is 5.99. The summed E-state index contributed by atoms with van der Waals surface area (Å²) in [6, 6.07) is 10.3. The second-order valence-corrected chi connectivity index (χ2v) is 7.93. The minimum absolute atomic E-state index is 0.199. The van der Waals surface area contributed by atoms with Gasteiger partial charge in [-0.15, -0.1) is 0 Å². The Morgan fingerprint density at radius 1 is 1.21 bits per heavy atom. The van der Waals surface area contributed by atoms with E-state index in [1.54, 1.807) is 18.6 Å². The molecule has 8 heteroatoms. The van der Waals surface area contributed by atoms with Crippen LogP contribution in [-0.4, -0.2) is 48.8 Å². The number of ether oxygens (including phenoxy) is 1.